The van der Waals surface area contributed by atoms with Gasteiger partial charge in [-0.25, -0.2) is 14.6 Å². The van der Waals surface area contributed by atoms with E-state index in [0.29, 0.717) is 18.0 Å². The Labute approximate surface area is 234 Å². The minimum absolute atomic E-state index is 0.164. The maximum atomic E-state index is 12.9. The van der Waals surface area contributed by atoms with E-state index in [1.54, 1.807) is 13.4 Å². The molecule has 8 nitrogen and oxygen atoms in total. The van der Waals surface area contributed by atoms with Gasteiger partial charge >= 0.3 is 18.2 Å². The van der Waals surface area contributed by atoms with Gasteiger partial charge < -0.3 is 25.0 Å². The number of nitrogens with zero attached hydrogens (tertiary/aromatic N) is 2. The highest BCUT2D eigenvalue weighted by Gasteiger charge is 2.39. The standard InChI is InChI=1S/C28H28N4O2.C2HF3O2/c1-20-17-32(19-30-20)25-13-12-24(14-26(25)34-2)31-27(33)29-18-28(23-10-4-3-5-11-23)15-21-8-6-7-9-22(21)16-28;3-2(4,5)1(6)7/h3-14,17,19H,15-16,18H2,1-2H3,(H2,29,31,33);(H,6,7). The first-order chi connectivity index (χ1) is 19.5. The Morgan fingerprint density at radius 2 is 1.63 bits per heavy atom. The Hall–Kier alpha value is -4.80. The molecule has 1 aromatic heterocycles. The van der Waals surface area contributed by atoms with Crippen molar-refractivity contribution in [3.63, 3.8) is 0 Å². The van der Waals surface area contributed by atoms with Crippen molar-refractivity contribution in [2.75, 3.05) is 19.0 Å². The molecule has 1 aliphatic rings. The molecule has 41 heavy (non-hydrogen) atoms. The Bertz CT molecular complexity index is 1490. The number of nitrogens with one attached hydrogen (secondary N) is 2. The fourth-order valence-electron chi connectivity index (χ4n) is 4.86. The first-order valence-electron chi connectivity index (χ1n) is 12.7. The van der Waals surface area contributed by atoms with Gasteiger partial charge in [0, 0.05) is 29.9 Å². The summed E-state index contributed by atoms with van der Waals surface area (Å²) in [5.41, 5.74) is 6.23. The van der Waals surface area contributed by atoms with E-state index in [4.69, 9.17) is 14.6 Å². The molecule has 1 aliphatic carbocycles. The quantitative estimate of drug-likeness (QED) is 0.279. The Kier molecular flexibility index (Phi) is 8.65. The molecule has 0 saturated heterocycles. The molecule has 0 radical (unpaired) electrons. The minimum atomic E-state index is -5.08. The lowest BCUT2D eigenvalue weighted by molar-refractivity contribution is -0.192. The lowest BCUT2D eigenvalue weighted by Crippen LogP contribution is -2.43. The van der Waals surface area contributed by atoms with Crippen LogP contribution in [0.25, 0.3) is 5.69 Å². The van der Waals surface area contributed by atoms with Crippen LogP contribution in [0.5, 0.6) is 5.75 Å². The zero-order valence-corrected chi connectivity index (χ0v) is 22.4. The molecule has 214 valence electrons. The molecule has 0 aliphatic heterocycles. The summed E-state index contributed by atoms with van der Waals surface area (Å²) in [4.78, 5) is 26.1. The van der Waals surface area contributed by atoms with Crippen LogP contribution < -0.4 is 15.4 Å². The number of halogens is 3. The topological polar surface area (TPSA) is 105 Å². The molecule has 0 bridgehead atoms. The molecule has 0 spiro atoms. The lowest BCUT2D eigenvalue weighted by Gasteiger charge is -2.30. The average molecular weight is 567 g/mol. The smallest absolute Gasteiger partial charge is 0.490 e. The number of hydrogen-bond donors (Lipinski definition) is 3. The van der Waals surface area contributed by atoms with Crippen molar-refractivity contribution in [2.45, 2.75) is 31.4 Å². The van der Waals surface area contributed by atoms with E-state index in [9.17, 15) is 18.0 Å². The summed E-state index contributed by atoms with van der Waals surface area (Å²) in [6, 6.07) is 24.4. The van der Waals surface area contributed by atoms with Crippen LogP contribution in [0.3, 0.4) is 0 Å². The number of aromatic nitrogens is 2. The molecule has 4 aromatic rings. The summed E-state index contributed by atoms with van der Waals surface area (Å²) in [6.07, 6.45) is 0.399. The van der Waals surface area contributed by atoms with E-state index in [1.165, 1.54) is 16.7 Å². The Balaban J connectivity index is 0.000000493. The van der Waals surface area contributed by atoms with Crippen LogP contribution in [0.4, 0.5) is 23.7 Å². The van der Waals surface area contributed by atoms with E-state index in [1.807, 2.05) is 42.0 Å². The SMILES string of the molecule is COc1cc(NC(=O)NCC2(c3ccccc3)Cc3ccccc3C2)ccc1-n1cnc(C)c1.O=C(O)C(F)(F)F. The number of hydrogen-bond acceptors (Lipinski definition) is 4. The number of methoxy groups -OCH3 is 1. The number of amides is 2. The molecule has 11 heteroatoms. The third-order valence-electron chi connectivity index (χ3n) is 6.82. The number of urea groups is 1. The van der Waals surface area contributed by atoms with Gasteiger partial charge in [0.1, 0.15) is 5.75 Å². The first kappa shape index (κ1) is 29.2. The van der Waals surface area contributed by atoms with Gasteiger partial charge in [0.05, 0.1) is 24.8 Å². The van der Waals surface area contributed by atoms with Crippen molar-refractivity contribution >= 4 is 17.7 Å². The van der Waals surface area contributed by atoms with Gasteiger partial charge in [-0.2, -0.15) is 13.2 Å². The van der Waals surface area contributed by atoms with Gasteiger partial charge in [-0.1, -0.05) is 54.6 Å². The Morgan fingerprint density at radius 3 is 2.17 bits per heavy atom. The number of imidazole rings is 1. The van der Waals surface area contributed by atoms with Crippen molar-refractivity contribution in [1.29, 1.82) is 0 Å². The van der Waals surface area contributed by atoms with Gasteiger partial charge in [0.25, 0.3) is 0 Å². The highest BCUT2D eigenvalue weighted by atomic mass is 19.4. The van der Waals surface area contributed by atoms with Crippen molar-refractivity contribution in [2.24, 2.45) is 0 Å². The second kappa shape index (κ2) is 12.2. The van der Waals surface area contributed by atoms with Crippen LogP contribution in [0.15, 0.2) is 85.3 Å². The van der Waals surface area contributed by atoms with Crippen LogP contribution in [0.1, 0.15) is 22.4 Å². The number of aryl methyl sites for hydroxylation is 1. The average Bonchev–Trinajstić information content (AvgIpc) is 3.56. The maximum Gasteiger partial charge on any atom is 0.490 e. The Morgan fingerprint density at radius 1 is 1.02 bits per heavy atom. The molecule has 3 aromatic carbocycles. The highest BCUT2D eigenvalue weighted by Crippen LogP contribution is 2.39. The van der Waals surface area contributed by atoms with Crippen molar-refractivity contribution < 1.29 is 32.6 Å². The van der Waals surface area contributed by atoms with E-state index in [2.05, 4.69) is 64.1 Å². The van der Waals surface area contributed by atoms with Gasteiger partial charge in [0.15, 0.2) is 0 Å². The summed E-state index contributed by atoms with van der Waals surface area (Å²) in [5, 5.41) is 13.2. The number of aliphatic carboxylic acids is 1. The number of carboxylic acids is 1. The first-order valence-corrected chi connectivity index (χ1v) is 12.7. The van der Waals surface area contributed by atoms with Gasteiger partial charge in [-0.3, -0.25) is 0 Å². The number of carbonyl (C=O) groups is 2. The normalized spacial score (nSPS) is 13.4. The van der Waals surface area contributed by atoms with Crippen LogP contribution in [0, 0.1) is 6.92 Å². The van der Waals surface area contributed by atoms with Crippen LogP contribution in [-0.4, -0.2) is 46.5 Å². The summed E-state index contributed by atoms with van der Waals surface area (Å²) in [5.74, 6) is -2.10. The zero-order valence-electron chi connectivity index (χ0n) is 22.4. The number of rotatable bonds is 6. The number of fused-ring (bicyclic) bond motifs is 1. The molecule has 0 fully saturated rings. The molecule has 0 atom stereocenters. The zero-order chi connectivity index (χ0) is 29.6. The van der Waals surface area contributed by atoms with Gasteiger partial charge in [-0.05, 0) is 48.6 Å². The highest BCUT2D eigenvalue weighted by molar-refractivity contribution is 5.89. The van der Waals surface area contributed by atoms with Crippen molar-refractivity contribution in [3.8, 4) is 11.4 Å². The largest absolute Gasteiger partial charge is 0.494 e. The molecule has 5 rings (SSSR count). The van der Waals surface area contributed by atoms with E-state index < -0.39 is 12.1 Å². The molecular weight excluding hydrogens is 537 g/mol. The summed E-state index contributed by atoms with van der Waals surface area (Å²) < 4.78 is 39.2. The predicted octanol–water partition coefficient (Wildman–Crippen LogP) is 5.68. The molecule has 0 unspecified atom stereocenters. The molecule has 1 heterocycles. The fraction of sp³-hybridized carbons (Fsp3) is 0.233. The fourth-order valence-corrected chi connectivity index (χ4v) is 4.86. The number of anilines is 1. The monoisotopic (exact) mass is 566 g/mol. The second-order valence-corrected chi connectivity index (χ2v) is 9.69. The van der Waals surface area contributed by atoms with E-state index in [-0.39, 0.29) is 11.4 Å². The summed E-state index contributed by atoms with van der Waals surface area (Å²) in [7, 11) is 1.62. The van der Waals surface area contributed by atoms with Crippen molar-refractivity contribution in [1.82, 2.24) is 14.9 Å². The number of carboxylic acid groups (broad SMARTS) is 1. The predicted molar refractivity (Wildman–Crippen MR) is 148 cm³/mol. The van der Waals surface area contributed by atoms with Gasteiger partial charge in [0.2, 0.25) is 0 Å². The molecular formula is C30H29F3N4O4. The second-order valence-electron chi connectivity index (χ2n) is 9.69. The number of ether oxygens (including phenoxy) is 1. The van der Waals surface area contributed by atoms with Crippen LogP contribution >= 0.6 is 0 Å². The molecule has 3 N–H and O–H groups in total. The third-order valence-corrected chi connectivity index (χ3v) is 6.82. The van der Waals surface area contributed by atoms with Crippen molar-refractivity contribution in [3.05, 3.63) is 108 Å². The minimum Gasteiger partial charge on any atom is -0.494 e. The van der Waals surface area contributed by atoms with E-state index >= 15 is 0 Å². The number of benzene rings is 3. The number of carbonyl (C=O) groups excluding carboxylic acids is 1. The molecule has 2 amide bonds. The number of alkyl halides is 3. The van der Waals surface area contributed by atoms with E-state index in [0.717, 1.165) is 24.2 Å². The van der Waals surface area contributed by atoms with Crippen LogP contribution in [-0.2, 0) is 23.1 Å². The summed E-state index contributed by atoms with van der Waals surface area (Å²) in [6.45, 7) is 2.48. The molecule has 0 saturated carbocycles. The van der Waals surface area contributed by atoms with Crippen LogP contribution in [0.2, 0.25) is 0 Å². The third kappa shape index (κ3) is 7.05. The maximum absolute atomic E-state index is 12.9. The van der Waals surface area contributed by atoms with Gasteiger partial charge in [-0.15, -0.1) is 0 Å². The summed E-state index contributed by atoms with van der Waals surface area (Å²) >= 11 is 0. The lowest BCUT2D eigenvalue weighted by atomic mass is 9.77.